The fourth-order valence-corrected chi connectivity index (χ4v) is 3.74. The first-order valence-electron chi connectivity index (χ1n) is 6.30. The molecule has 0 radical (unpaired) electrons. The molecule has 1 aliphatic rings. The molecule has 0 bridgehead atoms. The summed E-state index contributed by atoms with van der Waals surface area (Å²) in [6.45, 7) is 4.27. The summed E-state index contributed by atoms with van der Waals surface area (Å²) in [5.74, 6) is 0.502. The van der Waals surface area contributed by atoms with Crippen LogP contribution in [0, 0.1) is 0 Å². The van der Waals surface area contributed by atoms with Crippen LogP contribution in [0.1, 0.15) is 39.5 Å². The van der Waals surface area contributed by atoms with Crippen molar-refractivity contribution in [3.8, 4) is 0 Å². The highest BCUT2D eigenvalue weighted by Crippen LogP contribution is 2.35. The summed E-state index contributed by atoms with van der Waals surface area (Å²) in [5.41, 5.74) is 5.04. The van der Waals surface area contributed by atoms with E-state index >= 15 is 0 Å². The molecule has 0 saturated heterocycles. The first-order chi connectivity index (χ1) is 8.00. The second-order valence-electron chi connectivity index (χ2n) is 5.06. The van der Waals surface area contributed by atoms with Gasteiger partial charge in [0.05, 0.1) is 12.1 Å². The zero-order valence-electron chi connectivity index (χ0n) is 10.7. The van der Waals surface area contributed by atoms with Crippen LogP contribution in [0.5, 0.6) is 0 Å². The molecule has 0 aliphatic heterocycles. The largest absolute Gasteiger partial charge is 0.396 e. The highest BCUT2D eigenvalue weighted by atomic mass is 32.2. The van der Waals surface area contributed by atoms with Gasteiger partial charge in [0.2, 0.25) is 5.91 Å². The molecule has 0 heterocycles. The Morgan fingerprint density at radius 3 is 2.88 bits per heavy atom. The number of rotatable bonds is 6. The minimum atomic E-state index is -0.542. The number of aliphatic hydroxyl groups excluding tert-OH is 1. The van der Waals surface area contributed by atoms with Gasteiger partial charge in [-0.05, 0) is 39.5 Å². The Balaban J connectivity index is 2.66. The van der Waals surface area contributed by atoms with E-state index in [1.165, 1.54) is 0 Å². The van der Waals surface area contributed by atoms with Gasteiger partial charge in [-0.15, -0.1) is 0 Å². The second-order valence-corrected chi connectivity index (χ2v) is 6.47. The molecule has 0 aromatic heterocycles. The number of nitrogens with one attached hydrogen (secondary N) is 1. The molecule has 4 N–H and O–H groups in total. The SMILES string of the molecule is CC(C)NC1(C(N)=O)CCCC(SCCO)C1. The summed E-state index contributed by atoms with van der Waals surface area (Å²) in [6.07, 6.45) is 3.74. The van der Waals surface area contributed by atoms with Crippen molar-refractivity contribution in [1.29, 1.82) is 0 Å². The van der Waals surface area contributed by atoms with Gasteiger partial charge in [-0.3, -0.25) is 4.79 Å². The van der Waals surface area contributed by atoms with Gasteiger partial charge < -0.3 is 16.2 Å². The van der Waals surface area contributed by atoms with E-state index in [9.17, 15) is 4.79 Å². The molecule has 1 amide bonds. The molecule has 0 spiro atoms. The first kappa shape index (κ1) is 14.8. The first-order valence-corrected chi connectivity index (χ1v) is 7.35. The van der Waals surface area contributed by atoms with Gasteiger partial charge in [-0.1, -0.05) is 0 Å². The lowest BCUT2D eigenvalue weighted by atomic mass is 9.80. The standard InChI is InChI=1S/C12H24N2O2S/c1-9(2)14-12(11(13)16)5-3-4-10(8-12)17-7-6-15/h9-10,14-15H,3-8H2,1-2H3,(H2,13,16). The van der Waals surface area contributed by atoms with Crippen molar-refractivity contribution in [3.63, 3.8) is 0 Å². The highest BCUT2D eigenvalue weighted by molar-refractivity contribution is 7.99. The monoisotopic (exact) mass is 260 g/mol. The van der Waals surface area contributed by atoms with Crippen molar-refractivity contribution in [2.45, 2.75) is 56.4 Å². The number of primary amides is 1. The number of amides is 1. The van der Waals surface area contributed by atoms with Gasteiger partial charge in [-0.25, -0.2) is 0 Å². The quantitative estimate of drug-likeness (QED) is 0.662. The summed E-state index contributed by atoms with van der Waals surface area (Å²) in [7, 11) is 0. The number of thioether (sulfide) groups is 1. The molecule has 2 unspecified atom stereocenters. The molecule has 4 nitrogen and oxygen atoms in total. The number of carbonyl (C=O) groups is 1. The molecule has 100 valence electrons. The Labute approximate surface area is 108 Å². The topological polar surface area (TPSA) is 75.3 Å². The van der Waals surface area contributed by atoms with Crippen LogP contribution in [-0.4, -0.2) is 40.2 Å². The van der Waals surface area contributed by atoms with Crippen molar-refractivity contribution < 1.29 is 9.90 Å². The summed E-state index contributed by atoms with van der Waals surface area (Å²) in [6, 6.07) is 0.254. The van der Waals surface area contributed by atoms with E-state index in [-0.39, 0.29) is 18.6 Å². The van der Waals surface area contributed by atoms with Crippen molar-refractivity contribution >= 4 is 17.7 Å². The molecule has 0 aromatic carbocycles. The average molecular weight is 260 g/mol. The van der Waals surface area contributed by atoms with E-state index in [1.54, 1.807) is 11.8 Å². The third kappa shape index (κ3) is 4.16. The predicted octanol–water partition coefficient (Wildman–Crippen LogP) is 0.877. The van der Waals surface area contributed by atoms with E-state index in [1.807, 2.05) is 13.8 Å². The molecule has 1 aliphatic carbocycles. The molecule has 5 heteroatoms. The molecule has 0 aromatic rings. The smallest absolute Gasteiger partial charge is 0.237 e. The fourth-order valence-electron chi connectivity index (χ4n) is 2.56. The Morgan fingerprint density at radius 2 is 2.35 bits per heavy atom. The summed E-state index contributed by atoms with van der Waals surface area (Å²) >= 11 is 1.75. The van der Waals surface area contributed by atoms with E-state index in [0.717, 1.165) is 31.4 Å². The van der Waals surface area contributed by atoms with Crippen LogP contribution >= 0.6 is 11.8 Å². The lowest BCUT2D eigenvalue weighted by molar-refractivity contribution is -0.126. The van der Waals surface area contributed by atoms with Crippen LogP contribution in [0.2, 0.25) is 0 Å². The predicted molar refractivity (Wildman–Crippen MR) is 72.0 cm³/mol. The maximum absolute atomic E-state index is 11.7. The Kier molecular flexibility index (Phi) is 5.76. The maximum atomic E-state index is 11.7. The highest BCUT2D eigenvalue weighted by Gasteiger charge is 2.41. The molecule has 2 atom stereocenters. The van der Waals surface area contributed by atoms with Crippen LogP contribution < -0.4 is 11.1 Å². The van der Waals surface area contributed by atoms with E-state index in [2.05, 4.69) is 5.32 Å². The van der Waals surface area contributed by atoms with Gasteiger partial charge >= 0.3 is 0 Å². The fraction of sp³-hybridized carbons (Fsp3) is 0.917. The number of hydrogen-bond acceptors (Lipinski definition) is 4. The van der Waals surface area contributed by atoms with Gasteiger partial charge in [0, 0.05) is 17.0 Å². The van der Waals surface area contributed by atoms with Gasteiger partial charge in [0.25, 0.3) is 0 Å². The van der Waals surface area contributed by atoms with E-state index in [4.69, 9.17) is 10.8 Å². The van der Waals surface area contributed by atoms with Crippen LogP contribution in [0.25, 0.3) is 0 Å². The van der Waals surface area contributed by atoms with Gasteiger partial charge in [0.1, 0.15) is 0 Å². The third-order valence-corrected chi connectivity index (χ3v) is 4.48. The Bertz CT molecular complexity index is 261. The van der Waals surface area contributed by atoms with Gasteiger partial charge in [0.15, 0.2) is 0 Å². The molecule has 1 saturated carbocycles. The van der Waals surface area contributed by atoms with E-state index in [0.29, 0.717) is 5.25 Å². The van der Waals surface area contributed by atoms with Crippen LogP contribution in [0.15, 0.2) is 0 Å². The molecule has 1 fully saturated rings. The maximum Gasteiger partial charge on any atom is 0.237 e. The average Bonchev–Trinajstić information content (AvgIpc) is 2.25. The van der Waals surface area contributed by atoms with E-state index < -0.39 is 5.54 Å². The number of carbonyl (C=O) groups excluding carboxylic acids is 1. The Morgan fingerprint density at radius 1 is 1.65 bits per heavy atom. The zero-order chi connectivity index (χ0) is 12.9. The molecular formula is C12H24N2O2S. The second kappa shape index (κ2) is 6.61. The van der Waals surface area contributed by atoms with Crippen LogP contribution in [0.4, 0.5) is 0 Å². The zero-order valence-corrected chi connectivity index (χ0v) is 11.6. The van der Waals surface area contributed by atoms with Crippen molar-refractivity contribution in [2.24, 2.45) is 5.73 Å². The van der Waals surface area contributed by atoms with Crippen molar-refractivity contribution in [2.75, 3.05) is 12.4 Å². The number of hydrogen-bond donors (Lipinski definition) is 3. The minimum absolute atomic E-state index is 0.197. The molecule has 1 rings (SSSR count). The number of aliphatic hydroxyl groups is 1. The van der Waals surface area contributed by atoms with Crippen LogP contribution in [-0.2, 0) is 4.79 Å². The summed E-state index contributed by atoms with van der Waals surface area (Å²) in [4.78, 5) is 11.7. The van der Waals surface area contributed by atoms with Crippen molar-refractivity contribution in [1.82, 2.24) is 5.32 Å². The number of nitrogens with two attached hydrogens (primary N) is 1. The van der Waals surface area contributed by atoms with Crippen LogP contribution in [0.3, 0.4) is 0 Å². The lowest BCUT2D eigenvalue weighted by Gasteiger charge is -2.40. The van der Waals surface area contributed by atoms with Gasteiger partial charge in [-0.2, -0.15) is 11.8 Å². The summed E-state index contributed by atoms with van der Waals surface area (Å²) < 4.78 is 0. The lowest BCUT2D eigenvalue weighted by Crippen LogP contribution is -2.60. The Hall–Kier alpha value is -0.260. The normalized spacial score (nSPS) is 29.5. The minimum Gasteiger partial charge on any atom is -0.396 e. The van der Waals surface area contributed by atoms with Crippen molar-refractivity contribution in [3.05, 3.63) is 0 Å². The molecular weight excluding hydrogens is 236 g/mol. The molecule has 17 heavy (non-hydrogen) atoms. The third-order valence-electron chi connectivity index (χ3n) is 3.19. The summed E-state index contributed by atoms with van der Waals surface area (Å²) in [5, 5.41) is 12.6.